The Kier molecular flexibility index (Phi) is 8.65. The Morgan fingerprint density at radius 1 is 1.16 bits per heavy atom. The van der Waals surface area contributed by atoms with Gasteiger partial charge in [-0.15, -0.1) is 0 Å². The standard InChI is InChI=1S/C35H39N5O4/c1-22-7-5-8-28(31-9-6-10-33(38-31)40-35(42-4)29(19-37-40)32(41)18-36)34(22)44-21-25-17-23(2)30-20-39(14-11-27(30)24(25)3)26-12-15-43-16-13-26/h6,8-10,17,19,26H,5,7,11-16,20-21H2,1-4H3. The summed E-state index contributed by atoms with van der Waals surface area (Å²) in [6.45, 7) is 10.9. The molecule has 0 radical (unpaired) electrons. The third kappa shape index (κ3) is 5.68. The zero-order chi connectivity index (χ0) is 30.8. The maximum Gasteiger partial charge on any atom is 0.269 e. The van der Waals surface area contributed by atoms with Crippen molar-refractivity contribution in [1.29, 1.82) is 5.26 Å². The van der Waals surface area contributed by atoms with Gasteiger partial charge in [-0.3, -0.25) is 9.69 Å². The van der Waals surface area contributed by atoms with E-state index in [1.807, 2.05) is 12.1 Å². The minimum Gasteiger partial charge on any atom is -0.488 e. The molecule has 1 aliphatic carbocycles. The summed E-state index contributed by atoms with van der Waals surface area (Å²) in [5.74, 6) is 0.805. The third-order valence-corrected chi connectivity index (χ3v) is 9.25. The molecule has 228 valence electrons. The van der Waals surface area contributed by atoms with Crippen molar-refractivity contribution in [2.75, 3.05) is 26.9 Å². The van der Waals surface area contributed by atoms with E-state index in [-0.39, 0.29) is 11.4 Å². The number of hydrogen-bond acceptors (Lipinski definition) is 8. The number of fused-ring (bicyclic) bond motifs is 1. The van der Waals surface area contributed by atoms with Gasteiger partial charge in [0.1, 0.15) is 24.0 Å². The van der Waals surface area contributed by atoms with E-state index in [2.05, 4.69) is 42.9 Å². The van der Waals surface area contributed by atoms with Gasteiger partial charge in [0.05, 0.1) is 19.0 Å². The average molecular weight is 594 g/mol. The molecule has 9 nitrogen and oxygen atoms in total. The van der Waals surface area contributed by atoms with Gasteiger partial charge in [0.15, 0.2) is 5.82 Å². The number of rotatable bonds is 8. The topological polar surface area (TPSA) is 102 Å². The molecule has 44 heavy (non-hydrogen) atoms. The number of Topliss-reactive ketones (excluding diaryl/α,β-unsaturated/α-hetero) is 1. The van der Waals surface area contributed by atoms with Gasteiger partial charge in [-0.05, 0) is 98.4 Å². The maximum atomic E-state index is 12.1. The normalized spacial score (nSPS) is 17.6. The van der Waals surface area contributed by atoms with Crippen LogP contribution in [0.1, 0.15) is 76.5 Å². The first-order chi connectivity index (χ1) is 21.4. The van der Waals surface area contributed by atoms with Crippen LogP contribution in [0.2, 0.25) is 0 Å². The fraction of sp³-hybridized carbons (Fsp3) is 0.429. The molecule has 1 fully saturated rings. The molecule has 6 rings (SSSR count). The molecule has 3 aromatic rings. The van der Waals surface area contributed by atoms with Crippen LogP contribution in [0.3, 0.4) is 0 Å². The summed E-state index contributed by atoms with van der Waals surface area (Å²) in [4.78, 5) is 19.6. The second kappa shape index (κ2) is 12.8. The molecule has 9 heteroatoms. The minimum atomic E-state index is -0.710. The predicted molar refractivity (Wildman–Crippen MR) is 166 cm³/mol. The van der Waals surface area contributed by atoms with Gasteiger partial charge >= 0.3 is 0 Å². The monoisotopic (exact) mass is 593 g/mol. The van der Waals surface area contributed by atoms with Crippen molar-refractivity contribution in [3.05, 3.63) is 86.9 Å². The van der Waals surface area contributed by atoms with Crippen LogP contribution in [-0.4, -0.2) is 58.4 Å². The number of benzene rings is 1. The van der Waals surface area contributed by atoms with E-state index in [1.165, 1.54) is 51.4 Å². The number of methoxy groups -OCH3 is 1. The van der Waals surface area contributed by atoms with E-state index in [0.29, 0.717) is 18.5 Å². The minimum absolute atomic E-state index is 0.103. The Morgan fingerprint density at radius 3 is 2.75 bits per heavy atom. The summed E-state index contributed by atoms with van der Waals surface area (Å²) < 4.78 is 19.1. The number of ether oxygens (including phenoxy) is 3. The number of nitriles is 1. The van der Waals surface area contributed by atoms with Crippen LogP contribution in [0.5, 0.6) is 5.88 Å². The molecule has 0 bridgehead atoms. The first kappa shape index (κ1) is 29.8. The zero-order valence-corrected chi connectivity index (χ0v) is 26.0. The number of aromatic nitrogens is 3. The molecule has 3 aliphatic rings. The lowest BCUT2D eigenvalue weighted by molar-refractivity contribution is 0.0289. The highest BCUT2D eigenvalue weighted by molar-refractivity contribution is 6.09. The first-order valence-electron chi connectivity index (χ1n) is 15.4. The number of aryl methyl sites for hydroxylation is 1. The highest BCUT2D eigenvalue weighted by atomic mass is 16.5. The van der Waals surface area contributed by atoms with Gasteiger partial charge in [0.2, 0.25) is 5.88 Å². The lowest BCUT2D eigenvalue weighted by atomic mass is 9.87. The molecule has 4 heterocycles. The first-order valence-corrected chi connectivity index (χ1v) is 15.4. The van der Waals surface area contributed by atoms with Gasteiger partial charge < -0.3 is 14.2 Å². The van der Waals surface area contributed by atoms with Crippen LogP contribution in [0.15, 0.2) is 47.9 Å². The van der Waals surface area contributed by atoms with E-state index in [1.54, 1.807) is 12.1 Å². The van der Waals surface area contributed by atoms with Gasteiger partial charge in [-0.2, -0.15) is 15.0 Å². The molecular weight excluding hydrogens is 554 g/mol. The molecule has 1 aromatic carbocycles. The number of pyridine rings is 1. The highest BCUT2D eigenvalue weighted by Crippen LogP contribution is 2.36. The average Bonchev–Trinajstić information content (AvgIpc) is 3.50. The molecule has 2 aromatic heterocycles. The molecule has 0 saturated carbocycles. The van der Waals surface area contributed by atoms with Crippen molar-refractivity contribution in [1.82, 2.24) is 19.7 Å². The predicted octanol–water partition coefficient (Wildman–Crippen LogP) is 5.80. The second-order valence-corrected chi connectivity index (χ2v) is 11.9. The summed E-state index contributed by atoms with van der Waals surface area (Å²) in [6, 6.07) is 10.2. The van der Waals surface area contributed by atoms with Crippen LogP contribution in [0, 0.1) is 25.2 Å². The summed E-state index contributed by atoms with van der Waals surface area (Å²) in [5, 5.41) is 13.4. The van der Waals surface area contributed by atoms with E-state index in [4.69, 9.17) is 24.5 Å². The van der Waals surface area contributed by atoms with Crippen molar-refractivity contribution in [2.24, 2.45) is 0 Å². The SMILES string of the molecule is COc1c(C(=O)C#N)cnn1-c1cccc(C2=CCCC(C)=C2OCc2cc(C)c3c(c2C)CCN(C2CCOCC2)C3)n1. The summed E-state index contributed by atoms with van der Waals surface area (Å²) >= 11 is 0. The summed E-state index contributed by atoms with van der Waals surface area (Å²) in [5.41, 5.74) is 9.83. The van der Waals surface area contributed by atoms with E-state index in [0.717, 1.165) is 75.4 Å². The molecular formula is C35H39N5O4. The van der Waals surface area contributed by atoms with Crippen molar-refractivity contribution < 1.29 is 19.0 Å². The van der Waals surface area contributed by atoms with Gasteiger partial charge in [-0.1, -0.05) is 18.2 Å². The van der Waals surface area contributed by atoms with Crippen molar-refractivity contribution in [3.8, 4) is 17.8 Å². The lowest BCUT2D eigenvalue weighted by Gasteiger charge is -2.39. The Balaban J connectivity index is 1.23. The van der Waals surface area contributed by atoms with E-state index in [9.17, 15) is 4.79 Å². The fourth-order valence-corrected chi connectivity index (χ4v) is 6.77. The molecule has 0 N–H and O–H groups in total. The molecule has 0 amide bonds. The van der Waals surface area contributed by atoms with Crippen LogP contribution in [0.25, 0.3) is 11.4 Å². The number of nitrogens with zero attached hydrogens (tertiary/aromatic N) is 5. The molecule has 0 atom stereocenters. The molecule has 1 saturated heterocycles. The van der Waals surface area contributed by atoms with Gasteiger partial charge in [0.25, 0.3) is 5.78 Å². The molecule has 0 unspecified atom stereocenters. The maximum absolute atomic E-state index is 12.1. The number of carbonyl (C=O) groups is 1. The number of allylic oxidation sites excluding steroid dienone is 3. The van der Waals surface area contributed by atoms with Crippen molar-refractivity contribution in [3.63, 3.8) is 0 Å². The van der Waals surface area contributed by atoms with Crippen LogP contribution in [-0.2, 0) is 29.0 Å². The van der Waals surface area contributed by atoms with Gasteiger partial charge in [-0.25, -0.2) is 4.98 Å². The van der Waals surface area contributed by atoms with Crippen molar-refractivity contribution in [2.45, 2.75) is 72.1 Å². The molecule has 2 aliphatic heterocycles. The summed E-state index contributed by atoms with van der Waals surface area (Å²) in [6.07, 6.45) is 8.65. The number of carbonyl (C=O) groups excluding carboxylic acids is 1. The quantitative estimate of drug-likeness (QED) is 0.238. The number of ketones is 1. The van der Waals surface area contributed by atoms with Crippen LogP contribution in [0.4, 0.5) is 0 Å². The largest absolute Gasteiger partial charge is 0.488 e. The smallest absolute Gasteiger partial charge is 0.269 e. The van der Waals surface area contributed by atoms with E-state index < -0.39 is 5.78 Å². The van der Waals surface area contributed by atoms with E-state index >= 15 is 0 Å². The summed E-state index contributed by atoms with van der Waals surface area (Å²) in [7, 11) is 1.44. The third-order valence-electron chi connectivity index (χ3n) is 9.25. The number of hydrogen-bond donors (Lipinski definition) is 0. The molecule has 0 spiro atoms. The highest BCUT2D eigenvalue weighted by Gasteiger charge is 2.28. The van der Waals surface area contributed by atoms with Crippen LogP contribution >= 0.6 is 0 Å². The second-order valence-electron chi connectivity index (χ2n) is 11.9. The zero-order valence-electron chi connectivity index (χ0n) is 26.0. The lowest BCUT2D eigenvalue weighted by Crippen LogP contribution is -2.42. The Bertz CT molecular complexity index is 1690. The fourth-order valence-electron chi connectivity index (χ4n) is 6.77. The van der Waals surface area contributed by atoms with Crippen molar-refractivity contribution >= 4 is 11.4 Å². The van der Waals surface area contributed by atoms with Gasteiger partial charge in [0, 0.05) is 37.9 Å². The Morgan fingerprint density at radius 2 is 1.98 bits per heavy atom. The van der Waals surface area contributed by atoms with Crippen LogP contribution < -0.4 is 4.74 Å². The Labute approximate surface area is 258 Å². The Hall–Kier alpha value is -4.26.